The highest BCUT2D eigenvalue weighted by Crippen LogP contribution is 2.37. The summed E-state index contributed by atoms with van der Waals surface area (Å²) in [6.45, 7) is 6.12. The largest absolute Gasteiger partial charge is 0.506 e. The second kappa shape index (κ2) is 10.1. The first-order valence-electron chi connectivity index (χ1n) is 10.0. The van der Waals surface area contributed by atoms with Crippen LogP contribution in [0.1, 0.15) is 85.6 Å². The molecule has 4 nitrogen and oxygen atoms in total. The number of ether oxygens (including phenoxy) is 1. The molecule has 0 bridgehead atoms. The van der Waals surface area contributed by atoms with Crippen LogP contribution in [0, 0.1) is 0 Å². The van der Waals surface area contributed by atoms with E-state index in [4.69, 9.17) is 4.74 Å². The molecule has 0 heterocycles. The second-order valence-corrected chi connectivity index (χ2v) is 6.83. The van der Waals surface area contributed by atoms with Gasteiger partial charge in [-0.2, -0.15) is 0 Å². The molecule has 0 amide bonds. The Labute approximate surface area is 161 Å². The molecule has 0 atom stereocenters. The van der Waals surface area contributed by atoms with Crippen molar-refractivity contribution in [3.8, 4) is 5.75 Å². The quantitative estimate of drug-likeness (QED) is 0.325. The van der Waals surface area contributed by atoms with Gasteiger partial charge in [0, 0.05) is 17.4 Å². The molecule has 0 fully saturated rings. The van der Waals surface area contributed by atoms with Crippen LogP contribution in [0.5, 0.6) is 5.75 Å². The Bertz CT molecular complexity index is 808. The van der Waals surface area contributed by atoms with Crippen LogP contribution in [-0.2, 0) is 11.2 Å². The average molecular weight is 370 g/mol. The van der Waals surface area contributed by atoms with Gasteiger partial charge in [-0.15, -0.1) is 0 Å². The molecule has 0 aliphatic rings. The number of fused-ring (bicyclic) bond motifs is 1. The van der Waals surface area contributed by atoms with Crippen LogP contribution in [-0.4, -0.2) is 23.5 Å². The molecule has 0 saturated carbocycles. The monoisotopic (exact) mass is 370 g/mol. The van der Waals surface area contributed by atoms with Crippen molar-refractivity contribution in [3.63, 3.8) is 0 Å². The lowest BCUT2D eigenvalue weighted by Crippen LogP contribution is -2.14. The standard InChI is InChI=1S/C23H30O4/c1-4-7-9-14-18-20(19(24)15-8-5-2)16-12-10-11-13-17(16)22(25)21(18)23(26)27-6-3/h10-13,25H,4-9,14-15H2,1-3H3. The number of aromatic hydroxyl groups is 1. The fraction of sp³-hybridized carbons (Fsp3) is 0.478. The molecular formula is C23H30O4. The van der Waals surface area contributed by atoms with Gasteiger partial charge in [0.1, 0.15) is 11.3 Å². The molecule has 0 unspecified atom stereocenters. The Morgan fingerprint density at radius 1 is 0.926 bits per heavy atom. The lowest BCUT2D eigenvalue weighted by molar-refractivity contribution is 0.0522. The molecule has 0 radical (unpaired) electrons. The summed E-state index contributed by atoms with van der Waals surface area (Å²) >= 11 is 0. The molecule has 27 heavy (non-hydrogen) atoms. The Morgan fingerprint density at radius 2 is 1.59 bits per heavy atom. The highest BCUT2D eigenvalue weighted by Gasteiger charge is 2.27. The summed E-state index contributed by atoms with van der Waals surface area (Å²) in [6.07, 6.45) is 5.64. The van der Waals surface area contributed by atoms with Gasteiger partial charge in [0.25, 0.3) is 0 Å². The van der Waals surface area contributed by atoms with Crippen molar-refractivity contribution >= 4 is 22.5 Å². The summed E-state index contributed by atoms with van der Waals surface area (Å²) in [5.74, 6) is -0.607. The van der Waals surface area contributed by atoms with Crippen molar-refractivity contribution in [1.82, 2.24) is 0 Å². The number of phenolic OH excluding ortho intramolecular Hbond substituents is 1. The first-order valence-corrected chi connectivity index (χ1v) is 10.0. The number of benzene rings is 2. The van der Waals surface area contributed by atoms with Gasteiger partial charge in [0.15, 0.2) is 5.78 Å². The smallest absolute Gasteiger partial charge is 0.342 e. The minimum atomic E-state index is -0.559. The number of carbonyl (C=O) groups excluding carboxylic acids is 2. The Morgan fingerprint density at radius 3 is 2.22 bits per heavy atom. The van der Waals surface area contributed by atoms with Crippen molar-refractivity contribution in [3.05, 3.63) is 41.0 Å². The van der Waals surface area contributed by atoms with E-state index < -0.39 is 5.97 Å². The van der Waals surface area contributed by atoms with E-state index in [9.17, 15) is 14.7 Å². The average Bonchev–Trinajstić information content (AvgIpc) is 2.66. The molecule has 2 rings (SSSR count). The highest BCUT2D eigenvalue weighted by atomic mass is 16.5. The van der Waals surface area contributed by atoms with E-state index in [0.29, 0.717) is 29.4 Å². The predicted octanol–water partition coefficient (Wildman–Crippen LogP) is 5.83. The number of carbonyl (C=O) groups is 2. The van der Waals surface area contributed by atoms with Crippen molar-refractivity contribution in [2.24, 2.45) is 0 Å². The molecule has 0 aliphatic heterocycles. The van der Waals surface area contributed by atoms with Gasteiger partial charge in [0.2, 0.25) is 0 Å². The van der Waals surface area contributed by atoms with E-state index >= 15 is 0 Å². The molecule has 2 aromatic carbocycles. The minimum absolute atomic E-state index is 0.0325. The summed E-state index contributed by atoms with van der Waals surface area (Å²) in [5.41, 5.74) is 1.38. The number of rotatable bonds is 10. The van der Waals surface area contributed by atoms with Gasteiger partial charge >= 0.3 is 5.97 Å². The maximum absolute atomic E-state index is 13.1. The molecule has 0 aromatic heterocycles. The molecule has 0 spiro atoms. The summed E-state index contributed by atoms with van der Waals surface area (Å²) < 4.78 is 5.21. The van der Waals surface area contributed by atoms with Crippen LogP contribution in [0.15, 0.2) is 24.3 Å². The number of hydrogen-bond acceptors (Lipinski definition) is 4. The van der Waals surface area contributed by atoms with Crippen molar-refractivity contribution in [2.75, 3.05) is 6.61 Å². The third-order valence-electron chi connectivity index (χ3n) is 4.84. The fourth-order valence-electron chi connectivity index (χ4n) is 3.48. The van der Waals surface area contributed by atoms with Crippen LogP contribution in [0.25, 0.3) is 10.8 Å². The SMILES string of the molecule is CCCCCc1c(C(=O)OCC)c(O)c2ccccc2c1C(=O)CCCC. The normalized spacial score (nSPS) is 10.9. The second-order valence-electron chi connectivity index (χ2n) is 6.83. The first kappa shape index (κ1) is 20.9. The molecule has 146 valence electrons. The minimum Gasteiger partial charge on any atom is -0.506 e. The summed E-state index contributed by atoms with van der Waals surface area (Å²) in [5, 5.41) is 12.1. The van der Waals surface area contributed by atoms with E-state index in [0.717, 1.165) is 37.5 Å². The number of unbranched alkanes of at least 4 members (excludes halogenated alkanes) is 3. The molecule has 0 aliphatic carbocycles. The van der Waals surface area contributed by atoms with Crippen LogP contribution in [0.2, 0.25) is 0 Å². The summed E-state index contributed by atoms with van der Waals surface area (Å²) in [6, 6.07) is 7.26. The molecule has 4 heteroatoms. The Hall–Kier alpha value is -2.36. The molecule has 2 aromatic rings. The zero-order chi connectivity index (χ0) is 19.8. The number of esters is 1. The number of phenols is 1. The molecule has 0 saturated heterocycles. The van der Waals surface area contributed by atoms with E-state index in [-0.39, 0.29) is 23.7 Å². The Balaban J connectivity index is 2.75. The van der Waals surface area contributed by atoms with Crippen molar-refractivity contribution in [2.45, 2.75) is 65.7 Å². The first-order chi connectivity index (χ1) is 13.1. The number of ketones is 1. The zero-order valence-electron chi connectivity index (χ0n) is 16.6. The fourth-order valence-corrected chi connectivity index (χ4v) is 3.48. The van der Waals surface area contributed by atoms with Crippen LogP contribution >= 0.6 is 0 Å². The van der Waals surface area contributed by atoms with Crippen molar-refractivity contribution < 1.29 is 19.4 Å². The van der Waals surface area contributed by atoms with Gasteiger partial charge in [-0.25, -0.2) is 4.79 Å². The van der Waals surface area contributed by atoms with E-state index in [1.54, 1.807) is 19.1 Å². The third kappa shape index (κ3) is 4.68. The maximum atomic E-state index is 13.1. The predicted molar refractivity (Wildman–Crippen MR) is 109 cm³/mol. The lowest BCUT2D eigenvalue weighted by Gasteiger charge is -2.18. The zero-order valence-corrected chi connectivity index (χ0v) is 16.6. The van der Waals surface area contributed by atoms with Crippen molar-refractivity contribution in [1.29, 1.82) is 0 Å². The Kier molecular flexibility index (Phi) is 7.83. The highest BCUT2D eigenvalue weighted by molar-refractivity contribution is 6.15. The van der Waals surface area contributed by atoms with Gasteiger partial charge < -0.3 is 9.84 Å². The molecule has 1 N–H and O–H groups in total. The van der Waals surface area contributed by atoms with E-state index in [2.05, 4.69) is 13.8 Å². The van der Waals surface area contributed by atoms with Gasteiger partial charge in [-0.1, -0.05) is 57.4 Å². The van der Waals surface area contributed by atoms with Crippen LogP contribution in [0.4, 0.5) is 0 Å². The van der Waals surface area contributed by atoms with Crippen LogP contribution in [0.3, 0.4) is 0 Å². The van der Waals surface area contributed by atoms with Gasteiger partial charge in [-0.05, 0) is 37.1 Å². The summed E-state index contributed by atoms with van der Waals surface area (Å²) in [7, 11) is 0. The topological polar surface area (TPSA) is 63.6 Å². The van der Waals surface area contributed by atoms with Gasteiger partial charge in [-0.3, -0.25) is 4.79 Å². The van der Waals surface area contributed by atoms with Crippen LogP contribution < -0.4 is 0 Å². The summed E-state index contributed by atoms with van der Waals surface area (Å²) in [4.78, 5) is 25.7. The maximum Gasteiger partial charge on any atom is 0.342 e. The van der Waals surface area contributed by atoms with E-state index in [1.165, 1.54) is 0 Å². The van der Waals surface area contributed by atoms with E-state index in [1.807, 2.05) is 12.1 Å². The number of hydrogen-bond donors (Lipinski definition) is 1. The number of Topliss-reactive ketones (excluding diaryl/α,β-unsaturated/α-hetero) is 1. The molecular weight excluding hydrogens is 340 g/mol. The lowest BCUT2D eigenvalue weighted by atomic mass is 9.86. The third-order valence-corrected chi connectivity index (χ3v) is 4.84. The van der Waals surface area contributed by atoms with Gasteiger partial charge in [0.05, 0.1) is 6.61 Å².